The molecule has 0 aromatic rings. The van der Waals surface area contributed by atoms with Crippen LogP contribution in [0, 0.1) is 11.8 Å². The summed E-state index contributed by atoms with van der Waals surface area (Å²) in [6.45, 7) is 11.2. The van der Waals surface area contributed by atoms with Crippen molar-refractivity contribution in [2.45, 2.75) is 59.3 Å². The Morgan fingerprint density at radius 2 is 1.67 bits per heavy atom. The first-order chi connectivity index (χ1) is 7.26. The van der Waals surface area contributed by atoms with Crippen molar-refractivity contribution in [2.75, 3.05) is 19.6 Å². The average Bonchev–Trinajstić information content (AvgIpc) is 2.29. The molecule has 0 bridgehead atoms. The third kappa shape index (κ3) is 5.01. The Labute approximate surface area is 96.2 Å². The summed E-state index contributed by atoms with van der Waals surface area (Å²) in [7, 11) is 0. The number of rotatable bonds is 6. The van der Waals surface area contributed by atoms with Crippen LogP contribution in [0.15, 0.2) is 0 Å². The van der Waals surface area contributed by atoms with Crippen LogP contribution < -0.4 is 0 Å². The summed E-state index contributed by atoms with van der Waals surface area (Å²) in [5.74, 6) is 1.86. The molecular formula is C14H29N. The van der Waals surface area contributed by atoms with Gasteiger partial charge in [-0.05, 0) is 44.2 Å². The number of hydrogen-bond donors (Lipinski definition) is 0. The zero-order valence-corrected chi connectivity index (χ0v) is 11.0. The normalized spacial score (nSPS) is 22.6. The minimum absolute atomic E-state index is 0.916. The zero-order chi connectivity index (χ0) is 11.1. The van der Waals surface area contributed by atoms with E-state index in [2.05, 4.69) is 25.7 Å². The quantitative estimate of drug-likeness (QED) is 0.643. The molecule has 1 heterocycles. The van der Waals surface area contributed by atoms with Crippen molar-refractivity contribution in [3.63, 3.8) is 0 Å². The van der Waals surface area contributed by atoms with Gasteiger partial charge in [0.2, 0.25) is 0 Å². The molecule has 2 atom stereocenters. The zero-order valence-electron chi connectivity index (χ0n) is 11.0. The molecule has 0 aromatic carbocycles. The summed E-state index contributed by atoms with van der Waals surface area (Å²) in [5.41, 5.74) is 0. The van der Waals surface area contributed by atoms with Crippen molar-refractivity contribution < 1.29 is 0 Å². The predicted octanol–water partition coefficient (Wildman–Crippen LogP) is 3.93. The minimum atomic E-state index is 0.916. The second-order valence-electron chi connectivity index (χ2n) is 5.38. The van der Waals surface area contributed by atoms with Crippen molar-refractivity contribution >= 4 is 0 Å². The molecule has 1 fully saturated rings. The second kappa shape index (κ2) is 7.27. The van der Waals surface area contributed by atoms with Gasteiger partial charge in [-0.15, -0.1) is 0 Å². The molecule has 1 heteroatoms. The molecule has 1 rings (SSSR count). The molecule has 1 aliphatic rings. The van der Waals surface area contributed by atoms with Gasteiger partial charge in [-0.3, -0.25) is 0 Å². The standard InChI is InChI=1S/C14H29N/c1-4-13(3)11-14(5-2)12-15-9-7-6-8-10-15/h13-14H,4-12H2,1-3H3. The first-order valence-corrected chi connectivity index (χ1v) is 6.98. The van der Waals surface area contributed by atoms with Crippen LogP contribution in [0.4, 0.5) is 0 Å². The highest BCUT2D eigenvalue weighted by Crippen LogP contribution is 2.20. The molecule has 0 saturated carbocycles. The summed E-state index contributed by atoms with van der Waals surface area (Å²) < 4.78 is 0. The molecule has 0 radical (unpaired) electrons. The van der Waals surface area contributed by atoms with Gasteiger partial charge in [0.15, 0.2) is 0 Å². The number of nitrogens with zero attached hydrogens (tertiary/aromatic N) is 1. The van der Waals surface area contributed by atoms with Crippen molar-refractivity contribution in [2.24, 2.45) is 11.8 Å². The lowest BCUT2D eigenvalue weighted by atomic mass is 9.91. The lowest BCUT2D eigenvalue weighted by molar-refractivity contribution is 0.179. The molecule has 90 valence electrons. The maximum Gasteiger partial charge on any atom is 0.000965 e. The molecular weight excluding hydrogens is 182 g/mol. The highest BCUT2D eigenvalue weighted by atomic mass is 15.1. The molecule has 0 aliphatic carbocycles. The van der Waals surface area contributed by atoms with Crippen molar-refractivity contribution in [3.8, 4) is 0 Å². The Balaban J connectivity index is 2.25. The van der Waals surface area contributed by atoms with Crippen LogP contribution in [0.2, 0.25) is 0 Å². The minimum Gasteiger partial charge on any atom is -0.303 e. The van der Waals surface area contributed by atoms with E-state index in [4.69, 9.17) is 0 Å². The van der Waals surface area contributed by atoms with Crippen LogP contribution >= 0.6 is 0 Å². The summed E-state index contributed by atoms with van der Waals surface area (Å²) in [5, 5.41) is 0. The number of likely N-dealkylation sites (tertiary alicyclic amines) is 1. The van der Waals surface area contributed by atoms with Crippen LogP contribution in [-0.2, 0) is 0 Å². The number of piperidine rings is 1. The van der Waals surface area contributed by atoms with Gasteiger partial charge in [0, 0.05) is 6.54 Å². The van der Waals surface area contributed by atoms with Gasteiger partial charge in [0.05, 0.1) is 0 Å². The highest BCUT2D eigenvalue weighted by molar-refractivity contribution is 4.70. The largest absolute Gasteiger partial charge is 0.303 e. The van der Waals surface area contributed by atoms with E-state index in [0.29, 0.717) is 0 Å². The van der Waals surface area contributed by atoms with Crippen molar-refractivity contribution in [3.05, 3.63) is 0 Å². The monoisotopic (exact) mass is 211 g/mol. The molecule has 0 spiro atoms. The van der Waals surface area contributed by atoms with E-state index in [1.165, 1.54) is 58.2 Å². The predicted molar refractivity (Wildman–Crippen MR) is 68.1 cm³/mol. The molecule has 0 aromatic heterocycles. The lowest BCUT2D eigenvalue weighted by Crippen LogP contribution is -2.34. The molecule has 2 unspecified atom stereocenters. The van der Waals surface area contributed by atoms with Crippen LogP contribution in [0.1, 0.15) is 59.3 Å². The van der Waals surface area contributed by atoms with Crippen LogP contribution in [-0.4, -0.2) is 24.5 Å². The van der Waals surface area contributed by atoms with E-state index in [9.17, 15) is 0 Å². The smallest absolute Gasteiger partial charge is 0.000965 e. The van der Waals surface area contributed by atoms with E-state index in [1.807, 2.05) is 0 Å². The Hall–Kier alpha value is -0.0400. The van der Waals surface area contributed by atoms with Crippen LogP contribution in [0.25, 0.3) is 0 Å². The van der Waals surface area contributed by atoms with Crippen LogP contribution in [0.5, 0.6) is 0 Å². The Morgan fingerprint density at radius 3 is 2.20 bits per heavy atom. The third-order valence-corrected chi connectivity index (χ3v) is 3.98. The fourth-order valence-electron chi connectivity index (χ4n) is 2.61. The Morgan fingerprint density at radius 1 is 1.00 bits per heavy atom. The van der Waals surface area contributed by atoms with E-state index >= 15 is 0 Å². The molecule has 1 aliphatic heterocycles. The van der Waals surface area contributed by atoms with Gasteiger partial charge in [0.25, 0.3) is 0 Å². The molecule has 1 nitrogen and oxygen atoms in total. The van der Waals surface area contributed by atoms with Gasteiger partial charge in [-0.1, -0.05) is 40.0 Å². The fourth-order valence-corrected chi connectivity index (χ4v) is 2.61. The first-order valence-electron chi connectivity index (χ1n) is 6.98. The Bertz CT molecular complexity index is 149. The summed E-state index contributed by atoms with van der Waals surface area (Å²) in [6.07, 6.45) is 8.46. The first kappa shape index (κ1) is 13.0. The topological polar surface area (TPSA) is 3.24 Å². The molecule has 15 heavy (non-hydrogen) atoms. The summed E-state index contributed by atoms with van der Waals surface area (Å²) >= 11 is 0. The maximum absolute atomic E-state index is 2.69. The highest BCUT2D eigenvalue weighted by Gasteiger charge is 2.16. The van der Waals surface area contributed by atoms with E-state index in [0.717, 1.165) is 11.8 Å². The average molecular weight is 211 g/mol. The van der Waals surface area contributed by atoms with E-state index < -0.39 is 0 Å². The molecule has 0 N–H and O–H groups in total. The lowest BCUT2D eigenvalue weighted by Gasteiger charge is -2.31. The van der Waals surface area contributed by atoms with Gasteiger partial charge in [-0.25, -0.2) is 0 Å². The van der Waals surface area contributed by atoms with Gasteiger partial charge in [0.1, 0.15) is 0 Å². The van der Waals surface area contributed by atoms with Gasteiger partial charge >= 0.3 is 0 Å². The number of hydrogen-bond acceptors (Lipinski definition) is 1. The second-order valence-corrected chi connectivity index (χ2v) is 5.38. The molecule has 0 amide bonds. The summed E-state index contributed by atoms with van der Waals surface area (Å²) in [4.78, 5) is 2.69. The third-order valence-electron chi connectivity index (χ3n) is 3.98. The van der Waals surface area contributed by atoms with Crippen LogP contribution in [0.3, 0.4) is 0 Å². The fraction of sp³-hybridized carbons (Fsp3) is 1.00. The van der Waals surface area contributed by atoms with Gasteiger partial charge < -0.3 is 4.90 Å². The van der Waals surface area contributed by atoms with E-state index in [1.54, 1.807) is 0 Å². The van der Waals surface area contributed by atoms with E-state index in [-0.39, 0.29) is 0 Å². The SMILES string of the molecule is CCC(C)CC(CC)CN1CCCCC1. The van der Waals surface area contributed by atoms with Crippen molar-refractivity contribution in [1.82, 2.24) is 4.90 Å². The summed E-state index contributed by atoms with van der Waals surface area (Å²) in [6, 6.07) is 0. The molecule has 1 saturated heterocycles. The van der Waals surface area contributed by atoms with Gasteiger partial charge in [-0.2, -0.15) is 0 Å². The maximum atomic E-state index is 2.69. The van der Waals surface area contributed by atoms with Crippen molar-refractivity contribution in [1.29, 1.82) is 0 Å². The Kier molecular flexibility index (Phi) is 6.31.